The summed E-state index contributed by atoms with van der Waals surface area (Å²) in [7, 11) is 1.35. The second-order valence-corrected chi connectivity index (χ2v) is 5.82. The smallest absolute Gasteiger partial charge is 0.311 e. The minimum atomic E-state index is -0.563. The normalized spacial score (nSPS) is 10.3. The van der Waals surface area contributed by atoms with Crippen molar-refractivity contribution in [1.82, 2.24) is 5.32 Å². The number of anilines is 1. The Morgan fingerprint density at radius 3 is 2.65 bits per heavy atom. The van der Waals surface area contributed by atoms with Crippen molar-refractivity contribution in [3.05, 3.63) is 63.7 Å². The molecule has 0 aliphatic heterocycles. The van der Waals surface area contributed by atoms with E-state index in [-0.39, 0.29) is 22.9 Å². The first-order valence-corrected chi connectivity index (χ1v) is 8.38. The van der Waals surface area contributed by atoms with Crippen LogP contribution in [-0.2, 0) is 0 Å². The molecule has 1 N–H and O–H groups in total. The van der Waals surface area contributed by atoms with E-state index in [4.69, 9.17) is 4.74 Å². The summed E-state index contributed by atoms with van der Waals surface area (Å²) in [5.41, 5.74) is 2.28. The lowest BCUT2D eigenvalue weighted by atomic mass is 10.1. The van der Waals surface area contributed by atoms with Crippen LogP contribution < -0.4 is 15.0 Å². The van der Waals surface area contributed by atoms with Crippen molar-refractivity contribution in [2.75, 3.05) is 31.6 Å². The molecule has 2 aromatic carbocycles. The lowest BCUT2D eigenvalue weighted by Gasteiger charge is -2.23. The second-order valence-electron chi connectivity index (χ2n) is 5.82. The van der Waals surface area contributed by atoms with Crippen molar-refractivity contribution in [1.29, 1.82) is 0 Å². The number of nitro benzene ring substituents is 1. The Kier molecular flexibility index (Phi) is 6.54. The molecule has 0 heterocycles. The number of hydrogen-bond donors (Lipinski definition) is 1. The summed E-state index contributed by atoms with van der Waals surface area (Å²) in [4.78, 5) is 24.9. The van der Waals surface area contributed by atoms with Crippen LogP contribution in [0.25, 0.3) is 0 Å². The van der Waals surface area contributed by atoms with Crippen LogP contribution in [0.5, 0.6) is 5.75 Å². The van der Waals surface area contributed by atoms with Gasteiger partial charge in [0.2, 0.25) is 0 Å². The summed E-state index contributed by atoms with van der Waals surface area (Å²) in [5, 5.41) is 13.9. The average molecular weight is 357 g/mol. The molecule has 0 aliphatic carbocycles. The number of amides is 1. The van der Waals surface area contributed by atoms with Crippen LogP contribution in [0, 0.1) is 17.0 Å². The summed E-state index contributed by atoms with van der Waals surface area (Å²) in [6.45, 7) is 5.98. The fourth-order valence-corrected chi connectivity index (χ4v) is 2.67. The van der Waals surface area contributed by atoms with E-state index >= 15 is 0 Å². The summed E-state index contributed by atoms with van der Waals surface area (Å²) in [5.74, 6) is -0.223. The number of methoxy groups -OCH3 is 1. The van der Waals surface area contributed by atoms with Gasteiger partial charge in [-0.15, -0.1) is 0 Å². The molecule has 0 atom stereocenters. The zero-order valence-corrected chi connectivity index (χ0v) is 15.2. The molecular formula is C19H23N3O4. The highest BCUT2D eigenvalue weighted by Gasteiger charge is 2.18. The van der Waals surface area contributed by atoms with Crippen molar-refractivity contribution in [3.63, 3.8) is 0 Å². The Labute approximate surface area is 152 Å². The number of nitro groups is 1. The third-order valence-electron chi connectivity index (χ3n) is 4.05. The van der Waals surface area contributed by atoms with Crippen molar-refractivity contribution in [2.45, 2.75) is 13.8 Å². The maximum absolute atomic E-state index is 12.3. The Morgan fingerprint density at radius 1 is 1.27 bits per heavy atom. The topological polar surface area (TPSA) is 84.7 Å². The minimum Gasteiger partial charge on any atom is -0.490 e. The molecule has 0 unspecified atom stereocenters. The number of rotatable bonds is 8. The van der Waals surface area contributed by atoms with Gasteiger partial charge in [-0.1, -0.05) is 12.1 Å². The number of ether oxygens (including phenoxy) is 1. The first kappa shape index (κ1) is 19.2. The lowest BCUT2D eigenvalue weighted by molar-refractivity contribution is -0.385. The van der Waals surface area contributed by atoms with E-state index in [1.165, 1.54) is 30.9 Å². The molecule has 26 heavy (non-hydrogen) atoms. The maximum Gasteiger partial charge on any atom is 0.311 e. The fourth-order valence-electron chi connectivity index (χ4n) is 2.67. The molecule has 0 saturated carbocycles. The fraction of sp³-hybridized carbons (Fsp3) is 0.316. The Balaban J connectivity index is 2.00. The molecule has 0 saturated heterocycles. The average Bonchev–Trinajstić information content (AvgIpc) is 2.64. The first-order chi connectivity index (χ1) is 12.5. The number of aryl methyl sites for hydroxylation is 1. The van der Waals surface area contributed by atoms with Crippen LogP contribution in [-0.4, -0.2) is 37.6 Å². The minimum absolute atomic E-state index is 0.128. The van der Waals surface area contributed by atoms with Crippen molar-refractivity contribution in [2.24, 2.45) is 0 Å². The molecular weight excluding hydrogens is 334 g/mol. The van der Waals surface area contributed by atoms with Crippen LogP contribution in [0.4, 0.5) is 11.4 Å². The Morgan fingerprint density at radius 2 is 2.04 bits per heavy atom. The monoisotopic (exact) mass is 357 g/mol. The van der Waals surface area contributed by atoms with Crippen LogP contribution in [0.1, 0.15) is 22.8 Å². The number of carbonyl (C=O) groups excluding carboxylic acids is 1. The molecule has 0 aliphatic rings. The number of likely N-dealkylation sites (N-methyl/N-ethyl adjacent to an activating group) is 1. The molecule has 0 radical (unpaired) electrons. The second kappa shape index (κ2) is 8.84. The highest BCUT2D eigenvalue weighted by molar-refractivity contribution is 5.95. The molecule has 1 amide bonds. The van der Waals surface area contributed by atoms with Gasteiger partial charge >= 0.3 is 5.69 Å². The number of nitrogens with zero attached hydrogens (tertiary/aromatic N) is 2. The Hall–Kier alpha value is -3.09. The highest BCUT2D eigenvalue weighted by Crippen LogP contribution is 2.27. The molecule has 7 heteroatoms. The standard InChI is InChI=1S/C19H23N3O4/c1-4-21(16-7-5-6-14(2)12-16)11-10-20-19(23)15-8-9-18(26-3)17(13-15)22(24)25/h5-9,12-13H,4,10-11H2,1-3H3,(H,20,23). The zero-order valence-electron chi connectivity index (χ0n) is 15.2. The maximum atomic E-state index is 12.3. The quantitative estimate of drug-likeness (QED) is 0.579. The van der Waals surface area contributed by atoms with E-state index in [9.17, 15) is 14.9 Å². The van der Waals surface area contributed by atoms with Gasteiger partial charge in [-0.2, -0.15) is 0 Å². The zero-order chi connectivity index (χ0) is 19.1. The summed E-state index contributed by atoms with van der Waals surface area (Å²) < 4.78 is 4.95. The van der Waals surface area contributed by atoms with Crippen LogP contribution in [0.15, 0.2) is 42.5 Å². The molecule has 0 bridgehead atoms. The van der Waals surface area contributed by atoms with E-state index in [0.29, 0.717) is 13.1 Å². The van der Waals surface area contributed by atoms with Gasteiger partial charge in [0.25, 0.3) is 5.91 Å². The summed E-state index contributed by atoms with van der Waals surface area (Å²) >= 11 is 0. The number of carbonyl (C=O) groups is 1. The Bertz CT molecular complexity index is 792. The van der Waals surface area contributed by atoms with Gasteiger partial charge < -0.3 is 15.0 Å². The van der Waals surface area contributed by atoms with Crippen LogP contribution in [0.3, 0.4) is 0 Å². The number of hydrogen-bond acceptors (Lipinski definition) is 5. The molecule has 2 rings (SSSR count). The van der Waals surface area contributed by atoms with Gasteiger partial charge in [0.1, 0.15) is 0 Å². The van der Waals surface area contributed by atoms with Crippen molar-refractivity contribution in [3.8, 4) is 5.75 Å². The highest BCUT2D eigenvalue weighted by atomic mass is 16.6. The number of nitrogens with one attached hydrogen (secondary N) is 1. The van der Waals surface area contributed by atoms with E-state index in [2.05, 4.69) is 23.2 Å². The van der Waals surface area contributed by atoms with E-state index in [0.717, 1.165) is 12.2 Å². The summed E-state index contributed by atoms with van der Waals surface area (Å²) in [6, 6.07) is 12.3. The SMILES string of the molecule is CCN(CCNC(=O)c1ccc(OC)c([N+](=O)[O-])c1)c1cccc(C)c1. The van der Waals surface area contributed by atoms with Gasteiger partial charge in [0, 0.05) is 37.0 Å². The molecule has 138 valence electrons. The van der Waals surface area contributed by atoms with Crippen molar-refractivity contribution < 1.29 is 14.5 Å². The van der Waals surface area contributed by atoms with E-state index in [1.54, 1.807) is 0 Å². The third kappa shape index (κ3) is 4.72. The van der Waals surface area contributed by atoms with Crippen LogP contribution >= 0.6 is 0 Å². The van der Waals surface area contributed by atoms with E-state index < -0.39 is 4.92 Å². The third-order valence-corrected chi connectivity index (χ3v) is 4.05. The first-order valence-electron chi connectivity index (χ1n) is 8.38. The van der Waals surface area contributed by atoms with Gasteiger partial charge in [0.05, 0.1) is 12.0 Å². The summed E-state index contributed by atoms with van der Waals surface area (Å²) in [6.07, 6.45) is 0. The lowest BCUT2D eigenvalue weighted by Crippen LogP contribution is -2.35. The molecule has 0 fully saturated rings. The molecule has 7 nitrogen and oxygen atoms in total. The molecule has 0 aromatic heterocycles. The largest absolute Gasteiger partial charge is 0.490 e. The van der Waals surface area contributed by atoms with Crippen LogP contribution in [0.2, 0.25) is 0 Å². The predicted octanol–water partition coefficient (Wildman–Crippen LogP) is 3.17. The molecule has 2 aromatic rings. The van der Waals surface area contributed by atoms with Crippen molar-refractivity contribution >= 4 is 17.3 Å². The van der Waals surface area contributed by atoms with E-state index in [1.807, 2.05) is 25.1 Å². The number of benzene rings is 2. The van der Waals surface area contributed by atoms with Gasteiger partial charge in [-0.05, 0) is 43.7 Å². The van der Waals surface area contributed by atoms with Gasteiger partial charge in [-0.25, -0.2) is 0 Å². The predicted molar refractivity (Wildman–Crippen MR) is 101 cm³/mol. The van der Waals surface area contributed by atoms with Gasteiger partial charge in [0.15, 0.2) is 5.75 Å². The van der Waals surface area contributed by atoms with Gasteiger partial charge in [-0.3, -0.25) is 14.9 Å². The molecule has 0 spiro atoms.